The van der Waals surface area contributed by atoms with Crippen LogP contribution in [0.15, 0.2) is 48.5 Å². The highest BCUT2D eigenvalue weighted by Crippen LogP contribution is 2.31. The van der Waals surface area contributed by atoms with Gasteiger partial charge in [-0.25, -0.2) is 0 Å². The Kier molecular flexibility index (Phi) is 12.3. The van der Waals surface area contributed by atoms with Gasteiger partial charge in [0.25, 0.3) is 0 Å². The summed E-state index contributed by atoms with van der Waals surface area (Å²) in [6.45, 7) is 6.52. The third-order valence-corrected chi connectivity index (χ3v) is 6.60. The Morgan fingerprint density at radius 1 is 0.613 bits per heavy atom. The molecule has 0 aliphatic carbocycles. The van der Waals surface area contributed by atoms with Crippen LogP contribution < -0.4 is 0 Å². The largest absolute Gasteiger partial charge is 0.299 e. The fourth-order valence-electron chi connectivity index (χ4n) is 4.62. The van der Waals surface area contributed by atoms with Gasteiger partial charge in [-0.15, -0.1) is 0 Å². The van der Waals surface area contributed by atoms with Crippen LogP contribution >= 0.6 is 0 Å². The number of rotatable bonds is 16. The van der Waals surface area contributed by atoms with Gasteiger partial charge in [0.1, 0.15) is 5.78 Å². The van der Waals surface area contributed by atoms with Gasteiger partial charge in [0.05, 0.1) is 5.92 Å². The Hall–Kier alpha value is -1.89. The molecular weight excluding hydrogens is 376 g/mol. The van der Waals surface area contributed by atoms with E-state index in [2.05, 4.69) is 69.3 Å². The van der Waals surface area contributed by atoms with Gasteiger partial charge in [-0.2, -0.15) is 0 Å². The number of Topliss-reactive ketones (excluding diaryl/α,β-unsaturated/α-hetero) is 1. The van der Waals surface area contributed by atoms with E-state index in [0.717, 1.165) is 6.42 Å². The number of aryl methyl sites for hydroxylation is 2. The highest BCUT2D eigenvalue weighted by Gasteiger charge is 2.24. The van der Waals surface area contributed by atoms with Crippen LogP contribution in [-0.2, 0) is 4.79 Å². The summed E-state index contributed by atoms with van der Waals surface area (Å²) >= 11 is 0. The van der Waals surface area contributed by atoms with Crippen molar-refractivity contribution in [3.63, 3.8) is 0 Å². The Morgan fingerprint density at radius 2 is 1.00 bits per heavy atom. The lowest BCUT2D eigenvalue weighted by molar-refractivity contribution is -0.119. The predicted molar refractivity (Wildman–Crippen MR) is 135 cm³/mol. The van der Waals surface area contributed by atoms with Crippen LogP contribution in [-0.4, -0.2) is 5.78 Å². The molecule has 2 aromatic rings. The van der Waals surface area contributed by atoms with Gasteiger partial charge >= 0.3 is 0 Å². The van der Waals surface area contributed by atoms with Crippen LogP contribution in [0.25, 0.3) is 0 Å². The summed E-state index contributed by atoms with van der Waals surface area (Å²) in [5, 5.41) is 0. The zero-order chi connectivity index (χ0) is 22.3. The molecule has 0 saturated carbocycles. The van der Waals surface area contributed by atoms with Crippen LogP contribution in [0, 0.1) is 13.8 Å². The van der Waals surface area contributed by atoms with E-state index in [0.29, 0.717) is 12.2 Å². The van der Waals surface area contributed by atoms with E-state index < -0.39 is 0 Å². The smallest absolute Gasteiger partial charge is 0.144 e. The van der Waals surface area contributed by atoms with E-state index in [1.165, 1.54) is 92.9 Å². The minimum atomic E-state index is -0.130. The lowest BCUT2D eigenvalue weighted by Crippen LogP contribution is -2.16. The molecule has 0 fully saturated rings. The van der Waals surface area contributed by atoms with Crippen molar-refractivity contribution in [3.8, 4) is 0 Å². The summed E-state index contributed by atoms with van der Waals surface area (Å²) in [6.07, 6.45) is 16.6. The molecule has 0 N–H and O–H groups in total. The molecule has 2 aromatic carbocycles. The predicted octanol–water partition coefficient (Wildman–Crippen LogP) is 9.10. The highest BCUT2D eigenvalue weighted by atomic mass is 16.1. The van der Waals surface area contributed by atoms with Gasteiger partial charge in [0.2, 0.25) is 0 Å². The lowest BCUT2D eigenvalue weighted by Gasteiger charge is -2.21. The number of carbonyl (C=O) groups is 1. The number of ketones is 1. The third kappa shape index (κ3) is 9.01. The average molecular weight is 421 g/mol. The Morgan fingerprint density at radius 3 is 1.42 bits per heavy atom. The molecular formula is C30H44O. The van der Waals surface area contributed by atoms with E-state index >= 15 is 0 Å². The summed E-state index contributed by atoms with van der Waals surface area (Å²) < 4.78 is 0. The molecule has 0 amide bonds. The molecule has 0 atom stereocenters. The van der Waals surface area contributed by atoms with E-state index in [-0.39, 0.29) is 5.92 Å². The van der Waals surface area contributed by atoms with E-state index in [1.807, 2.05) is 0 Å². The molecule has 170 valence electrons. The first kappa shape index (κ1) is 25.4. The molecule has 0 heterocycles. The van der Waals surface area contributed by atoms with Crippen molar-refractivity contribution < 1.29 is 4.79 Å². The zero-order valence-corrected chi connectivity index (χ0v) is 20.3. The summed E-state index contributed by atoms with van der Waals surface area (Å²) in [5.41, 5.74) is 4.75. The maximum absolute atomic E-state index is 13.3. The summed E-state index contributed by atoms with van der Waals surface area (Å²) in [5.74, 6) is 0.241. The number of unbranched alkanes of at least 4 members (excludes halogenated alkanes) is 11. The first-order valence-corrected chi connectivity index (χ1v) is 12.8. The van der Waals surface area contributed by atoms with E-state index in [9.17, 15) is 4.79 Å². The number of carbonyl (C=O) groups excluding carboxylic acids is 1. The molecule has 0 aromatic heterocycles. The van der Waals surface area contributed by atoms with Gasteiger partial charge in [0, 0.05) is 6.42 Å². The zero-order valence-electron chi connectivity index (χ0n) is 20.3. The first-order chi connectivity index (χ1) is 15.1. The minimum Gasteiger partial charge on any atom is -0.299 e. The van der Waals surface area contributed by atoms with Crippen molar-refractivity contribution in [2.75, 3.05) is 0 Å². The molecule has 0 aliphatic rings. The van der Waals surface area contributed by atoms with Crippen LogP contribution in [0.4, 0.5) is 0 Å². The monoisotopic (exact) mass is 420 g/mol. The summed E-state index contributed by atoms with van der Waals surface area (Å²) in [7, 11) is 0. The van der Waals surface area contributed by atoms with Crippen molar-refractivity contribution >= 4 is 5.78 Å². The molecule has 0 unspecified atom stereocenters. The fraction of sp³-hybridized carbons (Fsp3) is 0.567. The van der Waals surface area contributed by atoms with Crippen molar-refractivity contribution in [2.45, 2.75) is 110 Å². The molecule has 31 heavy (non-hydrogen) atoms. The van der Waals surface area contributed by atoms with Gasteiger partial charge in [0.15, 0.2) is 0 Å². The highest BCUT2D eigenvalue weighted by molar-refractivity contribution is 5.89. The van der Waals surface area contributed by atoms with Crippen molar-refractivity contribution in [2.24, 2.45) is 0 Å². The second-order valence-corrected chi connectivity index (χ2v) is 9.25. The quantitative estimate of drug-likeness (QED) is 0.247. The maximum Gasteiger partial charge on any atom is 0.144 e. The summed E-state index contributed by atoms with van der Waals surface area (Å²) in [6, 6.07) is 16.7. The lowest BCUT2D eigenvalue weighted by atomic mass is 9.82. The molecule has 0 bridgehead atoms. The minimum absolute atomic E-state index is 0.130. The molecule has 2 rings (SSSR count). The molecule has 0 aliphatic heterocycles. The van der Waals surface area contributed by atoms with Gasteiger partial charge in [-0.1, -0.05) is 126 Å². The third-order valence-electron chi connectivity index (χ3n) is 6.60. The van der Waals surface area contributed by atoms with Crippen LogP contribution in [0.3, 0.4) is 0 Å². The molecule has 0 spiro atoms. The van der Waals surface area contributed by atoms with Gasteiger partial charge in [-0.3, -0.25) is 4.79 Å². The normalized spacial score (nSPS) is 11.2. The second kappa shape index (κ2) is 15.0. The summed E-state index contributed by atoms with van der Waals surface area (Å²) in [4.78, 5) is 13.3. The van der Waals surface area contributed by atoms with Crippen LogP contribution in [0.1, 0.15) is 119 Å². The second-order valence-electron chi connectivity index (χ2n) is 9.25. The standard InChI is InChI=1S/C30H44O/c1-4-5-6-7-8-9-10-11-12-13-14-15-24-29(31)30(27-22-18-16-20-25(27)2)28-23-19-17-21-26(28)3/h16-23,30H,4-15,24H2,1-3H3. The number of hydrogen-bond donors (Lipinski definition) is 0. The number of hydrogen-bond acceptors (Lipinski definition) is 1. The van der Waals surface area contributed by atoms with Crippen molar-refractivity contribution in [3.05, 3.63) is 70.8 Å². The molecule has 1 heteroatoms. The topological polar surface area (TPSA) is 17.1 Å². The Balaban J connectivity index is 1.76. The Labute approximate surface area is 191 Å². The first-order valence-electron chi connectivity index (χ1n) is 12.8. The van der Waals surface area contributed by atoms with Crippen LogP contribution in [0.2, 0.25) is 0 Å². The number of benzene rings is 2. The SMILES string of the molecule is CCCCCCCCCCCCCCC(=O)C(c1ccccc1C)c1ccccc1C. The van der Waals surface area contributed by atoms with Crippen molar-refractivity contribution in [1.82, 2.24) is 0 Å². The molecule has 1 nitrogen and oxygen atoms in total. The molecule has 0 radical (unpaired) electrons. The van der Waals surface area contributed by atoms with Crippen molar-refractivity contribution in [1.29, 1.82) is 0 Å². The fourth-order valence-corrected chi connectivity index (χ4v) is 4.62. The average Bonchev–Trinajstić information content (AvgIpc) is 2.77. The van der Waals surface area contributed by atoms with Crippen LogP contribution in [0.5, 0.6) is 0 Å². The maximum atomic E-state index is 13.3. The Bertz CT molecular complexity index is 715. The van der Waals surface area contributed by atoms with E-state index in [4.69, 9.17) is 0 Å². The molecule has 0 saturated heterocycles. The van der Waals surface area contributed by atoms with Gasteiger partial charge < -0.3 is 0 Å². The van der Waals surface area contributed by atoms with E-state index in [1.54, 1.807) is 0 Å². The van der Waals surface area contributed by atoms with Gasteiger partial charge in [-0.05, 0) is 42.5 Å².